The molecule has 0 aliphatic rings. The highest BCUT2D eigenvalue weighted by Gasteiger charge is 2.13. The Hall–Kier alpha value is -3.68. The van der Waals surface area contributed by atoms with Crippen LogP contribution in [0.1, 0.15) is 5.56 Å². The van der Waals surface area contributed by atoms with Gasteiger partial charge >= 0.3 is 5.97 Å². The first-order valence-electron chi connectivity index (χ1n) is 8.60. The Morgan fingerprint density at radius 1 is 0.897 bits per heavy atom. The van der Waals surface area contributed by atoms with Crippen molar-refractivity contribution in [3.63, 3.8) is 0 Å². The van der Waals surface area contributed by atoms with Crippen LogP contribution in [0.4, 0.5) is 5.69 Å². The number of carbonyl (C=O) groups is 2. The Kier molecular flexibility index (Phi) is 7.90. The zero-order chi connectivity index (χ0) is 21.2. The van der Waals surface area contributed by atoms with E-state index in [0.717, 1.165) is 0 Å². The van der Waals surface area contributed by atoms with Crippen molar-refractivity contribution in [2.75, 3.05) is 40.4 Å². The van der Waals surface area contributed by atoms with Crippen molar-refractivity contribution < 1.29 is 33.3 Å². The number of para-hydroxylation sites is 2. The maximum Gasteiger partial charge on any atom is 0.331 e. The number of benzene rings is 2. The minimum absolute atomic E-state index is 0.434. The minimum Gasteiger partial charge on any atom is -0.495 e. The molecular formula is C21H23NO7. The molecule has 29 heavy (non-hydrogen) atoms. The highest BCUT2D eigenvalue weighted by atomic mass is 16.5. The number of methoxy groups -OCH3 is 4. The maximum atomic E-state index is 12.0. The van der Waals surface area contributed by atoms with Crippen LogP contribution < -0.4 is 24.3 Å². The van der Waals surface area contributed by atoms with Crippen molar-refractivity contribution in [3.05, 3.63) is 48.0 Å². The van der Waals surface area contributed by atoms with Gasteiger partial charge < -0.3 is 29.0 Å². The quantitative estimate of drug-likeness (QED) is 0.510. The van der Waals surface area contributed by atoms with Crippen LogP contribution in [-0.2, 0) is 14.3 Å². The fourth-order valence-electron chi connectivity index (χ4n) is 2.48. The van der Waals surface area contributed by atoms with Crippen LogP contribution >= 0.6 is 0 Å². The molecule has 0 aliphatic heterocycles. The number of hydrogen-bond acceptors (Lipinski definition) is 7. The van der Waals surface area contributed by atoms with Gasteiger partial charge in [0, 0.05) is 6.08 Å². The van der Waals surface area contributed by atoms with E-state index in [-0.39, 0.29) is 0 Å². The van der Waals surface area contributed by atoms with E-state index in [2.05, 4.69) is 5.32 Å². The first kappa shape index (κ1) is 21.6. The summed E-state index contributed by atoms with van der Waals surface area (Å²) in [5.41, 5.74) is 1.12. The molecule has 1 N–H and O–H groups in total. The minimum atomic E-state index is -0.672. The van der Waals surface area contributed by atoms with Gasteiger partial charge in [0.2, 0.25) is 5.75 Å². The first-order valence-corrected chi connectivity index (χ1v) is 8.60. The molecule has 2 rings (SSSR count). The zero-order valence-electron chi connectivity index (χ0n) is 16.7. The van der Waals surface area contributed by atoms with E-state index in [1.165, 1.54) is 40.6 Å². The maximum absolute atomic E-state index is 12.0. The van der Waals surface area contributed by atoms with Crippen molar-refractivity contribution in [2.24, 2.45) is 0 Å². The lowest BCUT2D eigenvalue weighted by molar-refractivity contribution is -0.142. The number of esters is 1. The number of ether oxygens (including phenoxy) is 5. The molecule has 0 saturated carbocycles. The molecule has 0 fully saturated rings. The topological polar surface area (TPSA) is 92.3 Å². The van der Waals surface area contributed by atoms with Gasteiger partial charge in [0.1, 0.15) is 5.75 Å². The lowest BCUT2D eigenvalue weighted by Crippen LogP contribution is -2.20. The predicted molar refractivity (Wildman–Crippen MR) is 108 cm³/mol. The van der Waals surface area contributed by atoms with Crippen molar-refractivity contribution in [1.82, 2.24) is 0 Å². The normalized spacial score (nSPS) is 10.3. The van der Waals surface area contributed by atoms with Gasteiger partial charge in [-0.1, -0.05) is 12.1 Å². The lowest BCUT2D eigenvalue weighted by atomic mass is 10.1. The second-order valence-electron chi connectivity index (χ2n) is 5.65. The molecule has 0 radical (unpaired) electrons. The molecular weight excluding hydrogens is 378 g/mol. The standard InChI is InChI=1S/C21H23NO7/c1-25-16-8-6-5-7-15(16)22-19(23)13-29-20(24)10-9-14-11-17(26-2)21(28-4)18(12-14)27-3/h5-12H,13H2,1-4H3,(H,22,23). The third-order valence-corrected chi connectivity index (χ3v) is 3.83. The number of anilines is 1. The fraction of sp³-hybridized carbons (Fsp3) is 0.238. The summed E-state index contributed by atoms with van der Waals surface area (Å²) < 4.78 is 25.9. The van der Waals surface area contributed by atoms with Gasteiger partial charge in [0.25, 0.3) is 5.91 Å². The second-order valence-corrected chi connectivity index (χ2v) is 5.65. The zero-order valence-corrected chi connectivity index (χ0v) is 16.7. The largest absolute Gasteiger partial charge is 0.495 e. The first-order chi connectivity index (χ1) is 14.0. The number of hydrogen-bond donors (Lipinski definition) is 1. The molecule has 2 aromatic rings. The molecule has 0 atom stereocenters. The van der Waals surface area contributed by atoms with Gasteiger partial charge in [-0.25, -0.2) is 4.79 Å². The van der Waals surface area contributed by atoms with Crippen LogP contribution in [0.5, 0.6) is 23.0 Å². The third kappa shape index (κ3) is 5.90. The number of amides is 1. The Labute approximate surface area is 169 Å². The monoisotopic (exact) mass is 401 g/mol. The molecule has 0 aromatic heterocycles. The predicted octanol–water partition coefficient (Wildman–Crippen LogP) is 2.92. The Morgan fingerprint density at radius 3 is 2.10 bits per heavy atom. The van der Waals surface area contributed by atoms with E-state index in [4.69, 9.17) is 23.7 Å². The Bertz CT molecular complexity index is 867. The molecule has 8 nitrogen and oxygen atoms in total. The van der Waals surface area contributed by atoms with Crippen molar-refractivity contribution in [1.29, 1.82) is 0 Å². The molecule has 154 valence electrons. The summed E-state index contributed by atoms with van der Waals surface area (Å²) >= 11 is 0. The van der Waals surface area contributed by atoms with E-state index in [0.29, 0.717) is 34.2 Å². The SMILES string of the molecule is COc1ccccc1NC(=O)COC(=O)C=Cc1cc(OC)c(OC)c(OC)c1. The van der Waals surface area contributed by atoms with Gasteiger partial charge in [-0.2, -0.15) is 0 Å². The summed E-state index contributed by atoms with van der Waals surface area (Å²) in [7, 11) is 6.00. The summed E-state index contributed by atoms with van der Waals surface area (Å²) in [4.78, 5) is 23.9. The van der Waals surface area contributed by atoms with Gasteiger partial charge in [0.15, 0.2) is 18.1 Å². The highest BCUT2D eigenvalue weighted by molar-refractivity contribution is 5.95. The van der Waals surface area contributed by atoms with Crippen LogP contribution in [0.2, 0.25) is 0 Å². The van der Waals surface area contributed by atoms with Crippen LogP contribution in [0.3, 0.4) is 0 Å². The lowest BCUT2D eigenvalue weighted by Gasteiger charge is -2.12. The van der Waals surface area contributed by atoms with Crippen LogP contribution in [0.25, 0.3) is 6.08 Å². The van der Waals surface area contributed by atoms with Gasteiger partial charge in [-0.05, 0) is 35.9 Å². The van der Waals surface area contributed by atoms with Crippen molar-refractivity contribution in [2.45, 2.75) is 0 Å². The summed E-state index contributed by atoms with van der Waals surface area (Å²) in [5, 5.41) is 2.62. The van der Waals surface area contributed by atoms with Gasteiger partial charge in [0.05, 0.1) is 34.1 Å². The molecule has 0 heterocycles. The van der Waals surface area contributed by atoms with E-state index < -0.39 is 18.5 Å². The summed E-state index contributed by atoms with van der Waals surface area (Å²) in [6, 6.07) is 10.3. The molecule has 2 aromatic carbocycles. The average Bonchev–Trinajstić information content (AvgIpc) is 2.75. The van der Waals surface area contributed by atoms with E-state index in [1.54, 1.807) is 36.4 Å². The van der Waals surface area contributed by atoms with Crippen LogP contribution in [-0.4, -0.2) is 46.9 Å². The van der Waals surface area contributed by atoms with Crippen molar-refractivity contribution in [3.8, 4) is 23.0 Å². The Balaban J connectivity index is 1.97. The van der Waals surface area contributed by atoms with E-state index in [9.17, 15) is 9.59 Å². The smallest absolute Gasteiger partial charge is 0.331 e. The Morgan fingerprint density at radius 2 is 1.52 bits per heavy atom. The molecule has 0 bridgehead atoms. The molecule has 0 spiro atoms. The molecule has 0 saturated heterocycles. The molecule has 0 aliphatic carbocycles. The second kappa shape index (κ2) is 10.6. The van der Waals surface area contributed by atoms with Crippen LogP contribution in [0.15, 0.2) is 42.5 Å². The van der Waals surface area contributed by atoms with Gasteiger partial charge in [-0.15, -0.1) is 0 Å². The highest BCUT2D eigenvalue weighted by Crippen LogP contribution is 2.38. The molecule has 8 heteroatoms. The number of rotatable bonds is 9. The summed E-state index contributed by atoms with van der Waals surface area (Å²) in [5.74, 6) is 0.710. The van der Waals surface area contributed by atoms with Crippen molar-refractivity contribution >= 4 is 23.6 Å². The summed E-state index contributed by atoms with van der Waals surface area (Å²) in [6.45, 7) is -0.434. The number of nitrogens with one attached hydrogen (secondary N) is 1. The fourth-order valence-corrected chi connectivity index (χ4v) is 2.48. The van der Waals surface area contributed by atoms with Crippen LogP contribution in [0, 0.1) is 0 Å². The van der Waals surface area contributed by atoms with E-state index >= 15 is 0 Å². The molecule has 1 amide bonds. The average molecular weight is 401 g/mol. The third-order valence-electron chi connectivity index (χ3n) is 3.83. The molecule has 0 unspecified atom stereocenters. The number of carbonyl (C=O) groups excluding carboxylic acids is 2. The van der Waals surface area contributed by atoms with E-state index in [1.807, 2.05) is 0 Å². The summed E-state index contributed by atoms with van der Waals surface area (Å²) in [6.07, 6.45) is 2.72. The van der Waals surface area contributed by atoms with Gasteiger partial charge in [-0.3, -0.25) is 4.79 Å².